The maximum atomic E-state index is 13.7. The van der Waals surface area contributed by atoms with Gasteiger partial charge < -0.3 is 14.7 Å². The lowest BCUT2D eigenvalue weighted by atomic mass is 9.89. The summed E-state index contributed by atoms with van der Waals surface area (Å²) in [4.78, 5) is 29.3. The van der Waals surface area contributed by atoms with Gasteiger partial charge in [-0.3, -0.25) is 9.59 Å². The van der Waals surface area contributed by atoms with Crippen molar-refractivity contribution in [2.75, 3.05) is 12.0 Å². The second kappa shape index (κ2) is 6.73. The summed E-state index contributed by atoms with van der Waals surface area (Å²) in [5.41, 5.74) is 1.38. The summed E-state index contributed by atoms with van der Waals surface area (Å²) in [5, 5.41) is 10.1. The fraction of sp³-hybridized carbons (Fsp3) is 0.200. The SMILES string of the molecule is COc1cc(N2C(c3ccccc3)CCC23C(=O)c2ccccc2C3=O)ccc1O. The number of phenols is 1. The van der Waals surface area contributed by atoms with Crippen LogP contribution in [0, 0.1) is 0 Å². The highest BCUT2D eigenvalue weighted by molar-refractivity contribution is 6.34. The number of carbonyl (C=O) groups excluding carboxylic acids is 2. The van der Waals surface area contributed by atoms with Crippen molar-refractivity contribution in [3.8, 4) is 11.5 Å². The Balaban J connectivity index is 1.72. The number of hydrogen-bond donors (Lipinski definition) is 1. The van der Waals surface area contributed by atoms with E-state index in [-0.39, 0.29) is 23.4 Å². The first kappa shape index (κ1) is 18.4. The average molecular weight is 399 g/mol. The Bertz CT molecular complexity index is 1120. The zero-order valence-electron chi connectivity index (χ0n) is 16.5. The van der Waals surface area contributed by atoms with Gasteiger partial charge in [0.25, 0.3) is 0 Å². The highest BCUT2D eigenvalue weighted by Crippen LogP contribution is 2.52. The van der Waals surface area contributed by atoms with E-state index >= 15 is 0 Å². The lowest BCUT2D eigenvalue weighted by Gasteiger charge is -2.38. The largest absolute Gasteiger partial charge is 0.504 e. The highest BCUT2D eigenvalue weighted by atomic mass is 16.5. The molecule has 1 unspecified atom stereocenters. The number of aromatic hydroxyl groups is 1. The number of fused-ring (bicyclic) bond motifs is 1. The number of hydrogen-bond acceptors (Lipinski definition) is 5. The number of methoxy groups -OCH3 is 1. The average Bonchev–Trinajstić information content (AvgIpc) is 3.29. The first-order valence-corrected chi connectivity index (χ1v) is 9.98. The van der Waals surface area contributed by atoms with Crippen molar-refractivity contribution in [3.63, 3.8) is 0 Å². The predicted octanol–water partition coefficient (Wildman–Crippen LogP) is 4.56. The number of nitrogens with zero attached hydrogens (tertiary/aromatic N) is 1. The number of carbonyl (C=O) groups is 2. The van der Waals surface area contributed by atoms with E-state index in [1.54, 1.807) is 42.5 Å². The van der Waals surface area contributed by atoms with E-state index in [0.29, 0.717) is 35.4 Å². The number of ketones is 2. The maximum absolute atomic E-state index is 13.7. The molecule has 3 aromatic rings. The molecule has 5 heteroatoms. The van der Waals surface area contributed by atoms with E-state index in [1.165, 1.54) is 7.11 Å². The van der Waals surface area contributed by atoms with Crippen LogP contribution in [0.5, 0.6) is 11.5 Å². The summed E-state index contributed by atoms with van der Waals surface area (Å²) < 4.78 is 5.31. The van der Waals surface area contributed by atoms with Gasteiger partial charge >= 0.3 is 0 Å². The molecule has 3 aromatic carbocycles. The Morgan fingerprint density at radius 2 is 1.57 bits per heavy atom. The van der Waals surface area contributed by atoms with Gasteiger partial charge in [-0.15, -0.1) is 0 Å². The van der Waals surface area contributed by atoms with Crippen LogP contribution in [0.4, 0.5) is 5.69 Å². The molecule has 0 bridgehead atoms. The molecule has 1 saturated heterocycles. The molecule has 1 spiro atoms. The van der Waals surface area contributed by atoms with Crippen LogP contribution in [0.3, 0.4) is 0 Å². The number of anilines is 1. The maximum Gasteiger partial charge on any atom is 0.197 e. The smallest absolute Gasteiger partial charge is 0.197 e. The molecule has 5 nitrogen and oxygen atoms in total. The molecule has 0 aromatic heterocycles. The van der Waals surface area contributed by atoms with Crippen molar-refractivity contribution in [2.45, 2.75) is 24.4 Å². The van der Waals surface area contributed by atoms with Gasteiger partial charge in [-0.1, -0.05) is 54.6 Å². The van der Waals surface area contributed by atoms with E-state index < -0.39 is 5.54 Å². The van der Waals surface area contributed by atoms with Gasteiger partial charge in [0.2, 0.25) is 0 Å². The molecule has 5 rings (SSSR count). The van der Waals surface area contributed by atoms with Gasteiger partial charge in [0.15, 0.2) is 28.6 Å². The monoisotopic (exact) mass is 399 g/mol. The number of Topliss-reactive ketones (excluding diaryl/α,β-unsaturated/α-hetero) is 2. The van der Waals surface area contributed by atoms with Crippen molar-refractivity contribution in [1.29, 1.82) is 0 Å². The first-order valence-electron chi connectivity index (χ1n) is 9.98. The van der Waals surface area contributed by atoms with Gasteiger partial charge in [0.05, 0.1) is 13.2 Å². The van der Waals surface area contributed by atoms with Crippen molar-refractivity contribution in [1.82, 2.24) is 0 Å². The zero-order chi connectivity index (χ0) is 20.9. The molecule has 0 radical (unpaired) electrons. The molecule has 1 N–H and O–H groups in total. The standard InChI is InChI=1S/C25H21NO4/c1-30-22-15-17(11-12-21(22)27)26-20(16-7-3-2-4-8-16)13-14-25(26)23(28)18-9-5-6-10-19(18)24(25)29/h2-12,15,20,27H,13-14H2,1H3. The summed E-state index contributed by atoms with van der Waals surface area (Å²) in [6, 6.07) is 21.8. The van der Waals surface area contributed by atoms with Crippen molar-refractivity contribution in [3.05, 3.63) is 89.5 Å². The van der Waals surface area contributed by atoms with E-state index in [9.17, 15) is 14.7 Å². The summed E-state index contributed by atoms with van der Waals surface area (Å²) >= 11 is 0. The fourth-order valence-electron chi connectivity index (χ4n) is 4.94. The van der Waals surface area contributed by atoms with Gasteiger partial charge in [0, 0.05) is 22.9 Å². The van der Waals surface area contributed by atoms with Gasteiger partial charge in [0.1, 0.15) is 0 Å². The molecular formula is C25H21NO4. The van der Waals surface area contributed by atoms with Crippen LogP contribution in [0.2, 0.25) is 0 Å². The Kier molecular flexibility index (Phi) is 4.13. The topological polar surface area (TPSA) is 66.8 Å². The fourth-order valence-corrected chi connectivity index (χ4v) is 4.94. The molecule has 30 heavy (non-hydrogen) atoms. The molecule has 1 atom stereocenters. The van der Waals surface area contributed by atoms with Crippen LogP contribution in [-0.4, -0.2) is 29.3 Å². The number of ether oxygens (including phenoxy) is 1. The van der Waals surface area contributed by atoms with Gasteiger partial charge in [-0.05, 0) is 30.5 Å². The normalized spacial score (nSPS) is 19.4. The first-order chi connectivity index (χ1) is 14.6. The minimum atomic E-state index is -1.29. The molecule has 0 amide bonds. The zero-order valence-corrected chi connectivity index (χ0v) is 16.5. The minimum absolute atomic E-state index is 0.0121. The highest BCUT2D eigenvalue weighted by Gasteiger charge is 2.61. The Morgan fingerprint density at radius 1 is 0.933 bits per heavy atom. The molecule has 1 aliphatic carbocycles. The second-order valence-corrected chi connectivity index (χ2v) is 7.76. The second-order valence-electron chi connectivity index (χ2n) is 7.76. The number of phenolic OH excluding ortho intramolecular Hbond substituents is 1. The van der Waals surface area contributed by atoms with E-state index in [4.69, 9.17) is 4.74 Å². The van der Waals surface area contributed by atoms with Gasteiger partial charge in [-0.25, -0.2) is 0 Å². The minimum Gasteiger partial charge on any atom is -0.504 e. The Morgan fingerprint density at radius 3 is 2.20 bits per heavy atom. The van der Waals surface area contributed by atoms with Crippen LogP contribution < -0.4 is 9.64 Å². The molecule has 0 saturated carbocycles. The van der Waals surface area contributed by atoms with Crippen molar-refractivity contribution >= 4 is 17.3 Å². The predicted molar refractivity (Wildman–Crippen MR) is 113 cm³/mol. The van der Waals surface area contributed by atoms with Crippen LogP contribution >= 0.6 is 0 Å². The van der Waals surface area contributed by atoms with Crippen LogP contribution in [0.1, 0.15) is 45.2 Å². The number of rotatable bonds is 3. The molecular weight excluding hydrogens is 378 g/mol. The molecule has 1 heterocycles. The number of benzene rings is 3. The Hall–Kier alpha value is -3.60. The van der Waals surface area contributed by atoms with Crippen LogP contribution in [0.25, 0.3) is 0 Å². The Labute approximate surface area is 174 Å². The van der Waals surface area contributed by atoms with E-state index in [1.807, 2.05) is 35.2 Å². The third-order valence-electron chi connectivity index (χ3n) is 6.30. The lowest BCUT2D eigenvalue weighted by Crippen LogP contribution is -2.53. The van der Waals surface area contributed by atoms with E-state index in [2.05, 4.69) is 0 Å². The van der Waals surface area contributed by atoms with Gasteiger partial charge in [-0.2, -0.15) is 0 Å². The lowest BCUT2D eigenvalue weighted by molar-refractivity contribution is 0.0802. The van der Waals surface area contributed by atoms with E-state index in [0.717, 1.165) is 5.56 Å². The molecule has 2 aliphatic rings. The molecule has 1 aliphatic heterocycles. The molecule has 1 fully saturated rings. The summed E-state index contributed by atoms with van der Waals surface area (Å²) in [7, 11) is 1.48. The third-order valence-corrected chi connectivity index (χ3v) is 6.30. The summed E-state index contributed by atoms with van der Waals surface area (Å²) in [6.45, 7) is 0. The quantitative estimate of drug-likeness (QED) is 0.654. The van der Waals surface area contributed by atoms with Crippen LogP contribution in [0.15, 0.2) is 72.8 Å². The van der Waals surface area contributed by atoms with Crippen molar-refractivity contribution in [2.24, 2.45) is 0 Å². The summed E-state index contributed by atoms with van der Waals surface area (Å²) in [5.74, 6) is -0.00274. The third kappa shape index (κ3) is 2.41. The summed E-state index contributed by atoms with van der Waals surface area (Å²) in [6.07, 6.45) is 1.10. The molecule has 150 valence electrons. The van der Waals surface area contributed by atoms with Crippen molar-refractivity contribution < 1.29 is 19.4 Å². The van der Waals surface area contributed by atoms with Crippen LogP contribution in [-0.2, 0) is 0 Å².